The predicted molar refractivity (Wildman–Crippen MR) is 87.3 cm³/mol. The first-order valence-electron chi connectivity index (χ1n) is 7.07. The van der Waals surface area contributed by atoms with E-state index in [0.717, 1.165) is 5.56 Å². The molecule has 1 amide bonds. The number of rotatable bonds is 4. The summed E-state index contributed by atoms with van der Waals surface area (Å²) in [5.74, 6) is 0.126. The summed E-state index contributed by atoms with van der Waals surface area (Å²) in [6.07, 6.45) is 3.06. The highest BCUT2D eigenvalue weighted by Gasteiger charge is 2.05. The molecule has 22 heavy (non-hydrogen) atoms. The van der Waals surface area contributed by atoms with Gasteiger partial charge in [-0.25, -0.2) is 5.43 Å². The van der Waals surface area contributed by atoms with E-state index in [4.69, 9.17) is 0 Å². The van der Waals surface area contributed by atoms with Crippen LogP contribution in [0.3, 0.4) is 0 Å². The van der Waals surface area contributed by atoms with Crippen molar-refractivity contribution < 1.29 is 4.79 Å². The number of hydrogen-bond acceptors (Lipinski definition) is 3. The molecule has 0 atom stereocenters. The zero-order chi connectivity index (χ0) is 16.1. The van der Waals surface area contributed by atoms with Crippen LogP contribution in [0.1, 0.15) is 41.3 Å². The van der Waals surface area contributed by atoms with Crippen LogP contribution in [0.25, 0.3) is 0 Å². The monoisotopic (exact) mass is 297 g/mol. The van der Waals surface area contributed by atoms with Crippen LogP contribution in [0.2, 0.25) is 0 Å². The Hall–Kier alpha value is -2.69. The van der Waals surface area contributed by atoms with E-state index < -0.39 is 0 Å². The number of aryl methyl sites for hydroxylation is 1. The molecule has 0 radical (unpaired) electrons. The van der Waals surface area contributed by atoms with Gasteiger partial charge in [0.2, 0.25) is 5.56 Å². The molecule has 5 heteroatoms. The molecule has 0 aliphatic carbocycles. The second-order valence-corrected chi connectivity index (χ2v) is 5.39. The highest BCUT2D eigenvalue weighted by molar-refractivity contribution is 5.94. The van der Waals surface area contributed by atoms with E-state index in [2.05, 4.69) is 24.4 Å². The third-order valence-corrected chi connectivity index (χ3v) is 3.33. The molecule has 2 rings (SSSR count). The molecule has 5 nitrogen and oxygen atoms in total. The largest absolute Gasteiger partial charge is 0.318 e. The van der Waals surface area contributed by atoms with E-state index in [1.165, 1.54) is 28.5 Å². The molecule has 0 unspecified atom stereocenters. The van der Waals surface area contributed by atoms with Gasteiger partial charge in [-0.2, -0.15) is 5.10 Å². The van der Waals surface area contributed by atoms with Gasteiger partial charge in [0.05, 0.1) is 11.8 Å². The van der Waals surface area contributed by atoms with E-state index in [-0.39, 0.29) is 11.5 Å². The summed E-state index contributed by atoms with van der Waals surface area (Å²) < 4.78 is 1.35. The Balaban J connectivity index is 2.00. The van der Waals surface area contributed by atoms with Crippen LogP contribution in [-0.2, 0) is 7.05 Å². The summed E-state index contributed by atoms with van der Waals surface area (Å²) in [5.41, 5.74) is 4.83. The number of nitrogens with zero attached hydrogens (tertiary/aromatic N) is 2. The van der Waals surface area contributed by atoms with Crippen molar-refractivity contribution in [3.8, 4) is 0 Å². The summed E-state index contributed by atoms with van der Waals surface area (Å²) in [5, 5.41) is 3.93. The lowest BCUT2D eigenvalue weighted by molar-refractivity contribution is 0.0954. The Labute approximate surface area is 129 Å². The molecule has 0 fully saturated rings. The molecule has 0 aliphatic rings. The van der Waals surface area contributed by atoms with Gasteiger partial charge in [0, 0.05) is 19.3 Å². The summed E-state index contributed by atoms with van der Waals surface area (Å²) in [7, 11) is 1.60. The minimum Gasteiger partial charge on any atom is -0.318 e. The van der Waals surface area contributed by atoms with E-state index >= 15 is 0 Å². The van der Waals surface area contributed by atoms with E-state index in [1.807, 2.05) is 24.3 Å². The van der Waals surface area contributed by atoms with Crippen molar-refractivity contribution in [1.29, 1.82) is 0 Å². The van der Waals surface area contributed by atoms with Gasteiger partial charge in [-0.3, -0.25) is 9.59 Å². The van der Waals surface area contributed by atoms with Crippen molar-refractivity contribution in [2.75, 3.05) is 0 Å². The lowest BCUT2D eigenvalue weighted by Gasteiger charge is -2.04. The third-order valence-electron chi connectivity index (χ3n) is 3.33. The van der Waals surface area contributed by atoms with Crippen LogP contribution in [0.4, 0.5) is 0 Å². The van der Waals surface area contributed by atoms with Crippen molar-refractivity contribution in [3.05, 3.63) is 69.6 Å². The molecule has 0 spiro atoms. The number of amides is 1. The second-order valence-electron chi connectivity index (χ2n) is 5.39. The van der Waals surface area contributed by atoms with E-state index in [0.29, 0.717) is 11.5 Å². The standard InChI is InChI=1S/C17H19N3O2/c1-12(2)14-6-4-13(5-7-14)10-18-19-17(22)15-8-9-16(21)20(3)11-15/h4-12H,1-3H3,(H,19,22)/b18-10-. The number of carbonyl (C=O) groups is 1. The van der Waals surface area contributed by atoms with Gasteiger partial charge in [-0.15, -0.1) is 0 Å². The topological polar surface area (TPSA) is 63.5 Å². The Morgan fingerprint density at radius 3 is 2.45 bits per heavy atom. The van der Waals surface area contributed by atoms with Crippen molar-refractivity contribution in [3.63, 3.8) is 0 Å². The van der Waals surface area contributed by atoms with Gasteiger partial charge in [-0.1, -0.05) is 38.1 Å². The van der Waals surface area contributed by atoms with Crippen molar-refractivity contribution in [2.45, 2.75) is 19.8 Å². The maximum atomic E-state index is 11.9. The molecule has 0 aliphatic heterocycles. The summed E-state index contributed by atoms with van der Waals surface area (Å²) in [4.78, 5) is 23.2. The highest BCUT2D eigenvalue weighted by Crippen LogP contribution is 2.13. The molecular weight excluding hydrogens is 278 g/mol. The maximum absolute atomic E-state index is 11.9. The summed E-state index contributed by atoms with van der Waals surface area (Å²) in [6, 6.07) is 10.8. The fourth-order valence-electron chi connectivity index (χ4n) is 1.93. The molecule has 0 bridgehead atoms. The van der Waals surface area contributed by atoms with Gasteiger partial charge in [0.15, 0.2) is 0 Å². The normalized spacial score (nSPS) is 11.1. The quantitative estimate of drug-likeness (QED) is 0.695. The molecule has 2 aromatic rings. The first-order valence-corrected chi connectivity index (χ1v) is 7.07. The molecular formula is C17H19N3O2. The van der Waals surface area contributed by atoms with Crippen LogP contribution in [0, 0.1) is 0 Å². The first-order chi connectivity index (χ1) is 10.5. The number of aromatic nitrogens is 1. The SMILES string of the molecule is CC(C)c1ccc(/C=N\NC(=O)c2ccc(=O)n(C)c2)cc1. The van der Waals surface area contributed by atoms with Crippen molar-refractivity contribution in [2.24, 2.45) is 12.1 Å². The Morgan fingerprint density at radius 2 is 1.86 bits per heavy atom. The zero-order valence-electron chi connectivity index (χ0n) is 12.9. The summed E-state index contributed by atoms with van der Waals surface area (Å²) in [6.45, 7) is 4.27. The van der Waals surface area contributed by atoms with Crippen LogP contribution in [0.5, 0.6) is 0 Å². The van der Waals surface area contributed by atoms with Crippen LogP contribution in [0.15, 0.2) is 52.5 Å². The molecule has 1 aromatic carbocycles. The number of nitrogens with one attached hydrogen (secondary N) is 1. The van der Waals surface area contributed by atoms with Gasteiger partial charge in [-0.05, 0) is 23.1 Å². The molecule has 1 N–H and O–H groups in total. The molecule has 0 saturated heterocycles. The number of carbonyl (C=O) groups excluding carboxylic acids is 1. The Kier molecular flexibility index (Phi) is 4.88. The predicted octanol–water partition coefficient (Wildman–Crippen LogP) is 2.27. The highest BCUT2D eigenvalue weighted by atomic mass is 16.2. The van der Waals surface area contributed by atoms with Crippen molar-refractivity contribution >= 4 is 12.1 Å². The molecule has 0 saturated carbocycles. The summed E-state index contributed by atoms with van der Waals surface area (Å²) >= 11 is 0. The van der Waals surface area contributed by atoms with E-state index in [9.17, 15) is 9.59 Å². The first kappa shape index (κ1) is 15.7. The third kappa shape index (κ3) is 3.91. The van der Waals surface area contributed by atoms with Crippen molar-refractivity contribution in [1.82, 2.24) is 9.99 Å². The lowest BCUT2D eigenvalue weighted by Crippen LogP contribution is -2.22. The van der Waals surface area contributed by atoms with Crippen LogP contribution in [-0.4, -0.2) is 16.7 Å². The van der Waals surface area contributed by atoms with E-state index in [1.54, 1.807) is 13.3 Å². The maximum Gasteiger partial charge on any atom is 0.272 e. The zero-order valence-corrected chi connectivity index (χ0v) is 12.9. The average molecular weight is 297 g/mol. The van der Waals surface area contributed by atoms with Crippen LogP contribution < -0.4 is 11.0 Å². The number of hydrogen-bond donors (Lipinski definition) is 1. The van der Waals surface area contributed by atoms with Gasteiger partial charge in [0.25, 0.3) is 5.91 Å². The minimum atomic E-state index is -0.356. The number of hydrazone groups is 1. The van der Waals surface area contributed by atoms with Crippen LogP contribution >= 0.6 is 0 Å². The number of pyridine rings is 1. The minimum absolute atomic E-state index is 0.162. The van der Waals surface area contributed by atoms with Gasteiger partial charge >= 0.3 is 0 Å². The fraction of sp³-hybridized carbons (Fsp3) is 0.235. The Bertz CT molecular complexity index is 743. The average Bonchev–Trinajstić information content (AvgIpc) is 2.50. The van der Waals surface area contributed by atoms with Gasteiger partial charge in [0.1, 0.15) is 0 Å². The molecule has 1 heterocycles. The fourth-order valence-corrected chi connectivity index (χ4v) is 1.93. The lowest BCUT2D eigenvalue weighted by atomic mass is 10.0. The second kappa shape index (κ2) is 6.85. The molecule has 1 aromatic heterocycles. The smallest absolute Gasteiger partial charge is 0.272 e. The Morgan fingerprint density at radius 1 is 1.18 bits per heavy atom. The molecule has 114 valence electrons. The van der Waals surface area contributed by atoms with Gasteiger partial charge < -0.3 is 4.57 Å². The number of benzene rings is 1.